The van der Waals surface area contributed by atoms with Crippen LogP contribution in [-0.2, 0) is 0 Å². The summed E-state index contributed by atoms with van der Waals surface area (Å²) in [5, 5.41) is 12.4. The fourth-order valence-corrected chi connectivity index (χ4v) is 6.33. The first-order valence-corrected chi connectivity index (χ1v) is 8.41. The topological polar surface area (TPSA) is 48.2 Å². The number of thioether (sulfide) groups is 1. The van der Waals surface area contributed by atoms with Crippen molar-refractivity contribution in [3.8, 4) is 6.19 Å². The van der Waals surface area contributed by atoms with Gasteiger partial charge in [-0.05, 0) is 61.5 Å². The van der Waals surface area contributed by atoms with Gasteiger partial charge < -0.3 is 0 Å². The molecular weight excluding hydrogens is 254 g/mol. The average molecular weight is 277 g/mol. The van der Waals surface area contributed by atoms with Gasteiger partial charge >= 0.3 is 0 Å². The third-order valence-corrected chi connectivity index (χ3v) is 5.87. The van der Waals surface area contributed by atoms with E-state index in [1.807, 2.05) is 12.4 Å². The number of nitrogens with zero attached hydrogens (tertiary/aromatic N) is 2. The first-order chi connectivity index (χ1) is 8.90. The first-order valence-electron chi connectivity index (χ1n) is 7.19. The number of hydrogen-bond donors (Lipinski definition) is 1. The molecule has 4 aliphatic rings. The van der Waals surface area contributed by atoms with Crippen molar-refractivity contribution in [3.63, 3.8) is 0 Å². The Kier molecular flexibility index (Phi) is 2.91. The highest BCUT2D eigenvalue weighted by Gasteiger charge is 2.60. The lowest BCUT2D eigenvalue weighted by Crippen LogP contribution is -2.58. The van der Waals surface area contributed by atoms with E-state index in [0.717, 1.165) is 11.1 Å². The smallest absolute Gasteiger partial charge is 0.183 e. The van der Waals surface area contributed by atoms with Crippen LogP contribution in [0.15, 0.2) is 4.99 Å². The minimum absolute atomic E-state index is 0.102. The van der Waals surface area contributed by atoms with E-state index in [4.69, 9.17) is 10.3 Å². The highest BCUT2D eigenvalue weighted by atomic mass is 32.2. The summed E-state index contributed by atoms with van der Waals surface area (Å²) in [6, 6.07) is 0. The Balaban J connectivity index is 1.94. The van der Waals surface area contributed by atoms with Gasteiger partial charge in [0.1, 0.15) is 0 Å². The second-order valence-corrected chi connectivity index (χ2v) is 8.51. The van der Waals surface area contributed by atoms with Crippen LogP contribution in [0.3, 0.4) is 0 Å². The van der Waals surface area contributed by atoms with E-state index in [1.165, 1.54) is 38.5 Å². The fourth-order valence-electron chi connectivity index (χ4n) is 5.90. The van der Waals surface area contributed by atoms with Crippen molar-refractivity contribution < 1.29 is 0 Å². The fraction of sp³-hybridized carbons (Fsp3) is 0.867. The van der Waals surface area contributed by atoms with Crippen molar-refractivity contribution in [3.05, 3.63) is 0 Å². The lowest BCUT2D eigenvalue weighted by Gasteiger charge is -2.64. The maximum Gasteiger partial charge on any atom is 0.183 e. The summed E-state index contributed by atoms with van der Waals surface area (Å²) in [5.41, 5.74) is 1.06. The van der Waals surface area contributed by atoms with Crippen molar-refractivity contribution in [2.45, 2.75) is 57.9 Å². The van der Waals surface area contributed by atoms with Gasteiger partial charge in [-0.25, -0.2) is 0 Å². The van der Waals surface area contributed by atoms with Crippen LogP contribution in [0.1, 0.15) is 52.4 Å². The third kappa shape index (κ3) is 2.27. The molecular formula is C15H23N3S. The molecule has 0 amide bonds. The average Bonchev–Trinajstić information content (AvgIpc) is 2.22. The van der Waals surface area contributed by atoms with Gasteiger partial charge in [-0.3, -0.25) is 10.3 Å². The van der Waals surface area contributed by atoms with Crippen LogP contribution < -0.4 is 5.32 Å². The largest absolute Gasteiger partial charge is 0.272 e. The van der Waals surface area contributed by atoms with E-state index in [-0.39, 0.29) is 5.54 Å². The maximum atomic E-state index is 8.83. The van der Waals surface area contributed by atoms with E-state index in [0.29, 0.717) is 10.8 Å². The van der Waals surface area contributed by atoms with E-state index in [9.17, 15) is 0 Å². The van der Waals surface area contributed by atoms with Crippen LogP contribution in [0.25, 0.3) is 0 Å². The summed E-state index contributed by atoms with van der Waals surface area (Å²) in [4.78, 5) is 5.01. The van der Waals surface area contributed by atoms with Gasteiger partial charge in [-0.1, -0.05) is 25.6 Å². The second kappa shape index (κ2) is 4.15. The van der Waals surface area contributed by atoms with Gasteiger partial charge in [0.2, 0.25) is 0 Å². The Labute approximate surface area is 120 Å². The number of rotatable bonds is 1. The number of nitriles is 1. The van der Waals surface area contributed by atoms with Gasteiger partial charge in [0.15, 0.2) is 11.4 Å². The molecule has 0 aliphatic heterocycles. The van der Waals surface area contributed by atoms with Gasteiger partial charge in [-0.2, -0.15) is 5.26 Å². The highest BCUT2D eigenvalue weighted by molar-refractivity contribution is 8.13. The molecule has 4 bridgehead atoms. The van der Waals surface area contributed by atoms with E-state index in [2.05, 4.69) is 19.2 Å². The lowest BCUT2D eigenvalue weighted by molar-refractivity contribution is -0.103. The number of hydrogen-bond acceptors (Lipinski definition) is 3. The molecule has 0 saturated heterocycles. The molecule has 0 spiro atoms. The summed E-state index contributed by atoms with van der Waals surface area (Å²) < 4.78 is 0. The van der Waals surface area contributed by atoms with Crippen molar-refractivity contribution in [2.24, 2.45) is 21.7 Å². The van der Waals surface area contributed by atoms with Gasteiger partial charge in [0.25, 0.3) is 0 Å². The molecule has 0 radical (unpaired) electrons. The number of aliphatic imine (C=N–C) groups is 1. The third-order valence-electron chi connectivity index (χ3n) is 5.29. The molecule has 19 heavy (non-hydrogen) atoms. The molecule has 3 nitrogen and oxygen atoms in total. The van der Waals surface area contributed by atoms with Crippen LogP contribution in [0, 0.1) is 28.2 Å². The van der Waals surface area contributed by atoms with Crippen LogP contribution >= 0.6 is 11.8 Å². The van der Waals surface area contributed by atoms with Crippen molar-refractivity contribution in [1.29, 1.82) is 5.26 Å². The van der Waals surface area contributed by atoms with Crippen LogP contribution in [0.2, 0.25) is 0 Å². The Hall–Kier alpha value is -0.690. The molecule has 4 aliphatic carbocycles. The summed E-state index contributed by atoms with van der Waals surface area (Å²) in [5.74, 6) is 0.847. The molecule has 2 atom stereocenters. The standard InChI is InChI=1S/C15H23N3S/c1-13-4-11-5-14(2,7-13)9-15(6-11,8-13)18-12(19-3)17-10-16/h11H,4-9H2,1-3H3,(H,17,18). The van der Waals surface area contributed by atoms with E-state index < -0.39 is 0 Å². The second-order valence-electron chi connectivity index (χ2n) is 7.71. The molecule has 4 fully saturated rings. The highest BCUT2D eigenvalue weighted by Crippen LogP contribution is 2.67. The number of nitrogens with one attached hydrogen (secondary N) is 1. The Morgan fingerprint density at radius 2 is 1.84 bits per heavy atom. The van der Waals surface area contributed by atoms with Crippen molar-refractivity contribution in [1.82, 2.24) is 5.32 Å². The molecule has 104 valence electrons. The molecule has 1 N–H and O–H groups in total. The van der Waals surface area contributed by atoms with E-state index >= 15 is 0 Å². The zero-order valence-corrected chi connectivity index (χ0v) is 12.9. The quantitative estimate of drug-likeness (QED) is 0.345. The van der Waals surface area contributed by atoms with Crippen LogP contribution in [0.4, 0.5) is 0 Å². The van der Waals surface area contributed by atoms with Crippen molar-refractivity contribution in [2.75, 3.05) is 6.26 Å². The van der Waals surface area contributed by atoms with Crippen molar-refractivity contribution >= 4 is 16.9 Å². The molecule has 4 heteroatoms. The Morgan fingerprint density at radius 3 is 2.32 bits per heavy atom. The van der Waals surface area contributed by atoms with E-state index in [1.54, 1.807) is 11.8 Å². The predicted octanol–water partition coefficient (Wildman–Crippen LogP) is 3.53. The first kappa shape index (κ1) is 13.3. The van der Waals surface area contributed by atoms with Gasteiger partial charge in [0, 0.05) is 0 Å². The van der Waals surface area contributed by atoms with Gasteiger partial charge in [0.05, 0.1) is 5.54 Å². The predicted molar refractivity (Wildman–Crippen MR) is 79.8 cm³/mol. The summed E-state index contributed by atoms with van der Waals surface area (Å²) in [6.07, 6.45) is 11.8. The monoisotopic (exact) mass is 277 g/mol. The Bertz CT molecular complexity index is 447. The molecule has 0 aromatic rings. The minimum Gasteiger partial charge on any atom is -0.272 e. The minimum atomic E-state index is 0.102. The maximum absolute atomic E-state index is 8.83. The van der Waals surface area contributed by atoms with Crippen LogP contribution in [0.5, 0.6) is 0 Å². The molecule has 2 unspecified atom stereocenters. The Morgan fingerprint density at radius 1 is 1.21 bits per heavy atom. The summed E-state index contributed by atoms with van der Waals surface area (Å²) in [6.45, 7) is 4.91. The molecule has 0 aromatic carbocycles. The molecule has 0 heterocycles. The molecule has 4 saturated carbocycles. The zero-order valence-electron chi connectivity index (χ0n) is 12.1. The van der Waals surface area contributed by atoms with Crippen LogP contribution in [-0.4, -0.2) is 17.0 Å². The number of amidine groups is 1. The summed E-state index contributed by atoms with van der Waals surface area (Å²) >= 11 is 1.56. The summed E-state index contributed by atoms with van der Waals surface area (Å²) in [7, 11) is 0. The normalized spacial score (nSPS) is 48.1. The lowest BCUT2D eigenvalue weighted by atomic mass is 9.43. The zero-order chi connectivity index (χ0) is 13.7. The SMILES string of the molecule is CSC(=NC12CC3CC(C)(CC(C)(C3)C1)C2)NC#N. The molecule has 0 aromatic heterocycles. The van der Waals surface area contributed by atoms with Gasteiger partial charge in [-0.15, -0.1) is 0 Å². The molecule has 4 rings (SSSR count).